The summed E-state index contributed by atoms with van der Waals surface area (Å²) in [6.07, 6.45) is 0. The van der Waals surface area contributed by atoms with Gasteiger partial charge in [-0.2, -0.15) is 0 Å². The second kappa shape index (κ2) is 12.7. The maximum Gasteiger partial charge on any atom is 0.154 e. The molecule has 0 radical (unpaired) electrons. The third kappa shape index (κ3) is 6.41. The van der Waals surface area contributed by atoms with Gasteiger partial charge in [-0.25, -0.2) is 0 Å². The van der Waals surface area contributed by atoms with Crippen molar-refractivity contribution in [3.8, 4) is 0 Å². The van der Waals surface area contributed by atoms with Crippen molar-refractivity contribution in [3.05, 3.63) is 71.8 Å². The fraction of sp³-hybridized carbons (Fsp3) is 0.409. The molecule has 0 saturated carbocycles. The molecule has 0 spiro atoms. The van der Waals surface area contributed by atoms with Gasteiger partial charge in [0.25, 0.3) is 0 Å². The van der Waals surface area contributed by atoms with E-state index in [0.717, 1.165) is 30.7 Å². The average molecular weight is 453 g/mol. The van der Waals surface area contributed by atoms with Crippen molar-refractivity contribution in [3.63, 3.8) is 0 Å². The van der Waals surface area contributed by atoms with Gasteiger partial charge in [-0.05, 0) is 31.9 Å². The van der Waals surface area contributed by atoms with Crippen LogP contribution in [0.2, 0.25) is 0 Å². The highest BCUT2D eigenvalue weighted by Crippen LogP contribution is 2.28. The third-order valence-electron chi connectivity index (χ3n) is 5.27. The summed E-state index contributed by atoms with van der Waals surface area (Å²) in [5.41, 5.74) is -1.54. The van der Waals surface area contributed by atoms with E-state index in [1.807, 2.05) is 0 Å². The zero-order valence-corrected chi connectivity index (χ0v) is 18.4. The van der Waals surface area contributed by atoms with Gasteiger partial charge in [0, 0.05) is 0 Å². The number of benzene rings is 2. The Bertz CT molecular complexity index is 628. The minimum atomic E-state index is -2.11. The molecule has 2 aromatic rings. The first-order valence-electron chi connectivity index (χ1n) is 9.41. The van der Waals surface area contributed by atoms with Gasteiger partial charge in [-0.1, -0.05) is 60.7 Å². The Hall–Kier alpha value is -1.73. The van der Waals surface area contributed by atoms with Gasteiger partial charge >= 0.3 is 0 Å². The molecule has 0 fully saturated rings. The summed E-state index contributed by atoms with van der Waals surface area (Å²) >= 11 is 0. The first-order valence-corrected chi connectivity index (χ1v) is 9.41. The van der Waals surface area contributed by atoms with Crippen molar-refractivity contribution in [2.24, 2.45) is 0 Å². The number of hydrogen-bond acceptors (Lipinski definition) is 4. The number of likely N-dealkylation sites (N-methyl/N-ethyl adjacent to an activating group) is 1. The van der Waals surface area contributed by atoms with Crippen molar-refractivity contribution in [2.75, 3.05) is 32.8 Å². The van der Waals surface area contributed by atoms with Crippen molar-refractivity contribution >= 4 is 5.97 Å². The van der Waals surface area contributed by atoms with Gasteiger partial charge in [-0.15, -0.1) is 0 Å². The molecule has 0 aliphatic carbocycles. The molecule has 0 bridgehead atoms. The largest absolute Gasteiger partial charge is 1.00 e. The molecule has 6 heteroatoms. The van der Waals surface area contributed by atoms with E-state index in [9.17, 15) is 15.0 Å². The molecular weight excluding hydrogens is 422 g/mol. The molecule has 2 N–H and O–H groups in total. The smallest absolute Gasteiger partial charge is 0.154 e. The lowest BCUT2D eigenvalue weighted by atomic mass is 9.86. The van der Waals surface area contributed by atoms with Crippen molar-refractivity contribution in [1.82, 2.24) is 0 Å². The predicted octanol–water partition coefficient (Wildman–Crippen LogP) is -1.47. The quantitative estimate of drug-likeness (QED) is 0.479. The van der Waals surface area contributed by atoms with Gasteiger partial charge in [0.1, 0.15) is 6.54 Å². The highest BCUT2D eigenvalue weighted by molar-refractivity contribution is 5.81. The molecule has 0 amide bonds. The maximum absolute atomic E-state index is 11.3. The van der Waals surface area contributed by atoms with Gasteiger partial charge < -0.3 is 41.6 Å². The van der Waals surface area contributed by atoms with E-state index in [1.54, 1.807) is 60.7 Å². The van der Waals surface area contributed by atoms with Crippen LogP contribution in [0.15, 0.2) is 60.7 Å². The number of halogens is 1. The van der Waals surface area contributed by atoms with Crippen LogP contribution in [-0.4, -0.2) is 53.5 Å². The molecule has 2 rings (SSSR count). The van der Waals surface area contributed by atoms with E-state index in [-0.39, 0.29) is 28.1 Å². The molecule has 28 heavy (non-hydrogen) atoms. The van der Waals surface area contributed by atoms with E-state index < -0.39 is 11.6 Å². The lowest BCUT2D eigenvalue weighted by molar-refractivity contribution is -0.923. The van der Waals surface area contributed by atoms with Crippen LogP contribution in [0.1, 0.15) is 31.9 Å². The number of aliphatic hydroxyl groups is 2. The first-order chi connectivity index (χ1) is 12.9. The predicted molar refractivity (Wildman–Crippen MR) is 105 cm³/mol. The Kier molecular flexibility index (Phi) is 11.9. The SMILES string of the molecule is CC[N+](CC)(CC)CCO.O=C([O-])C(O)(c1ccccc1)c1ccccc1.[Br-]. The normalized spacial score (nSPS) is 11.0. The number of aliphatic hydroxyl groups excluding tert-OH is 1. The zero-order chi connectivity index (χ0) is 20.3. The van der Waals surface area contributed by atoms with E-state index in [0.29, 0.717) is 6.61 Å². The lowest BCUT2D eigenvalue weighted by Gasteiger charge is -2.34. The highest BCUT2D eigenvalue weighted by Gasteiger charge is 2.32. The first kappa shape index (κ1) is 26.3. The second-order valence-electron chi connectivity index (χ2n) is 6.47. The van der Waals surface area contributed by atoms with Crippen LogP contribution in [0.4, 0.5) is 0 Å². The Labute approximate surface area is 178 Å². The number of carboxylic acid groups (broad SMARTS) is 1. The Morgan fingerprint density at radius 2 is 1.25 bits per heavy atom. The fourth-order valence-electron chi connectivity index (χ4n) is 3.12. The minimum Gasteiger partial charge on any atom is -1.00 e. The standard InChI is InChI=1S/C14H12O3.C8H20NO.BrH/c15-13(16)14(17,11-7-3-1-4-8-11)12-9-5-2-6-10-12;1-4-9(5-2,6-3)7-8-10;/h1-10,17H,(H,15,16);10H,4-8H2,1-3H3;1H/q;+1;/p-2. The summed E-state index contributed by atoms with van der Waals surface area (Å²) in [4.78, 5) is 11.3. The summed E-state index contributed by atoms with van der Waals surface area (Å²) in [5.74, 6) is -1.53. The number of hydrogen-bond donors (Lipinski definition) is 2. The van der Waals surface area contributed by atoms with Crippen LogP contribution in [0, 0.1) is 0 Å². The number of carboxylic acids is 1. The molecule has 0 atom stereocenters. The number of aliphatic carboxylic acids is 1. The number of nitrogens with zero attached hydrogens (tertiary/aromatic N) is 1. The molecule has 0 aromatic heterocycles. The van der Waals surface area contributed by atoms with E-state index in [1.165, 1.54) is 0 Å². The maximum atomic E-state index is 11.3. The van der Waals surface area contributed by atoms with Crippen molar-refractivity contribution in [2.45, 2.75) is 26.4 Å². The van der Waals surface area contributed by atoms with Crippen LogP contribution in [0.25, 0.3) is 0 Å². The zero-order valence-electron chi connectivity index (χ0n) is 16.8. The molecule has 0 aliphatic heterocycles. The lowest BCUT2D eigenvalue weighted by Crippen LogP contribution is -3.00. The molecule has 0 heterocycles. The van der Waals surface area contributed by atoms with Crippen LogP contribution in [0.3, 0.4) is 0 Å². The van der Waals surface area contributed by atoms with Crippen LogP contribution in [-0.2, 0) is 10.4 Å². The minimum absolute atomic E-state index is 0. The fourth-order valence-corrected chi connectivity index (χ4v) is 3.12. The molecule has 0 aliphatic rings. The summed E-state index contributed by atoms with van der Waals surface area (Å²) in [6.45, 7) is 11.2. The molecular formula is C22H31BrNO4-. The molecule has 0 saturated heterocycles. The number of carbonyl (C=O) groups excluding carboxylic acids is 1. The summed E-state index contributed by atoms with van der Waals surface area (Å²) in [6, 6.07) is 16.4. The average Bonchev–Trinajstić information content (AvgIpc) is 2.73. The van der Waals surface area contributed by atoms with Gasteiger partial charge in [-0.3, -0.25) is 0 Å². The van der Waals surface area contributed by atoms with Gasteiger partial charge in [0.2, 0.25) is 0 Å². The summed E-state index contributed by atoms with van der Waals surface area (Å²) < 4.78 is 1.05. The van der Waals surface area contributed by atoms with Crippen molar-refractivity contribution in [1.29, 1.82) is 0 Å². The Morgan fingerprint density at radius 3 is 1.46 bits per heavy atom. The third-order valence-corrected chi connectivity index (χ3v) is 5.27. The monoisotopic (exact) mass is 452 g/mol. The van der Waals surface area contributed by atoms with E-state index >= 15 is 0 Å². The molecule has 0 unspecified atom stereocenters. The molecule has 156 valence electrons. The number of quaternary nitrogens is 1. The summed E-state index contributed by atoms with van der Waals surface area (Å²) in [5, 5.41) is 30.4. The Balaban J connectivity index is 0.000000577. The van der Waals surface area contributed by atoms with Crippen LogP contribution < -0.4 is 22.1 Å². The van der Waals surface area contributed by atoms with Gasteiger partial charge in [0.15, 0.2) is 5.60 Å². The van der Waals surface area contributed by atoms with E-state index in [2.05, 4.69) is 20.8 Å². The number of rotatable bonds is 8. The van der Waals surface area contributed by atoms with Crippen LogP contribution in [0.5, 0.6) is 0 Å². The van der Waals surface area contributed by atoms with Crippen LogP contribution >= 0.6 is 0 Å². The summed E-state index contributed by atoms with van der Waals surface area (Å²) in [7, 11) is 0. The van der Waals surface area contributed by atoms with E-state index in [4.69, 9.17) is 5.11 Å². The number of carbonyl (C=O) groups is 1. The Morgan fingerprint density at radius 1 is 0.893 bits per heavy atom. The van der Waals surface area contributed by atoms with Gasteiger partial charge in [0.05, 0.1) is 32.2 Å². The van der Waals surface area contributed by atoms with Crippen molar-refractivity contribution < 1.29 is 41.6 Å². The second-order valence-corrected chi connectivity index (χ2v) is 6.47. The molecule has 5 nitrogen and oxygen atoms in total. The molecule has 2 aromatic carbocycles. The highest BCUT2D eigenvalue weighted by atomic mass is 79.9. The topological polar surface area (TPSA) is 80.6 Å².